The van der Waals surface area contributed by atoms with Gasteiger partial charge in [0.1, 0.15) is 12.1 Å². The number of hydrogen-bond donors (Lipinski definition) is 2. The van der Waals surface area contributed by atoms with Crippen molar-refractivity contribution < 1.29 is 22.8 Å². The Kier molecular flexibility index (Phi) is 4.50. The molecule has 9 heteroatoms. The van der Waals surface area contributed by atoms with Crippen LogP contribution in [0.25, 0.3) is 0 Å². The first-order valence-corrected chi connectivity index (χ1v) is 9.52. The molecule has 0 radical (unpaired) electrons. The van der Waals surface area contributed by atoms with Crippen LogP contribution in [0.15, 0.2) is 23.1 Å². The van der Waals surface area contributed by atoms with Gasteiger partial charge in [0, 0.05) is 11.7 Å². The third kappa shape index (κ3) is 3.66. The number of nitrogens with zero attached hydrogens (tertiary/aromatic N) is 1. The van der Waals surface area contributed by atoms with Crippen molar-refractivity contribution in [3.63, 3.8) is 0 Å². The van der Waals surface area contributed by atoms with Crippen molar-refractivity contribution in [3.05, 3.63) is 34.2 Å². The summed E-state index contributed by atoms with van der Waals surface area (Å²) in [6, 6.07) is 1.07. The Bertz CT molecular complexity index is 827. The number of rotatable bonds is 3. The minimum atomic E-state index is -4.80. The normalized spacial score (nSPS) is 30.9. The van der Waals surface area contributed by atoms with E-state index in [1.165, 1.54) is 19.3 Å². The summed E-state index contributed by atoms with van der Waals surface area (Å²) in [7, 11) is 0. The molecule has 1 aromatic rings. The van der Waals surface area contributed by atoms with Gasteiger partial charge in [0.2, 0.25) is 5.91 Å². The van der Waals surface area contributed by atoms with Crippen molar-refractivity contribution in [1.29, 1.82) is 0 Å². The van der Waals surface area contributed by atoms with Gasteiger partial charge in [0.25, 0.3) is 5.56 Å². The second kappa shape index (κ2) is 6.63. The Morgan fingerprint density at radius 1 is 1.11 bits per heavy atom. The van der Waals surface area contributed by atoms with Gasteiger partial charge >= 0.3 is 12.2 Å². The van der Waals surface area contributed by atoms with Crippen LogP contribution in [0.2, 0.25) is 0 Å². The summed E-state index contributed by atoms with van der Waals surface area (Å²) in [5.74, 6) is 1.02. The molecule has 0 spiro atoms. The number of carbonyl (C=O) groups excluding carboxylic acids is 2. The smallest absolute Gasteiger partial charge is 0.332 e. The highest BCUT2D eigenvalue weighted by atomic mass is 19.4. The monoisotopic (exact) mass is 397 g/mol. The van der Waals surface area contributed by atoms with Crippen LogP contribution in [-0.4, -0.2) is 22.0 Å². The average Bonchev–Trinajstić information content (AvgIpc) is 2.53. The van der Waals surface area contributed by atoms with Gasteiger partial charge in [-0.2, -0.15) is 13.2 Å². The maximum absolute atomic E-state index is 12.8. The van der Waals surface area contributed by atoms with Gasteiger partial charge in [0.15, 0.2) is 0 Å². The fourth-order valence-electron chi connectivity index (χ4n) is 5.73. The number of nitrogens with one attached hydrogen (secondary N) is 2. The Morgan fingerprint density at radius 3 is 2.21 bits per heavy atom. The maximum Gasteiger partial charge on any atom is 0.421 e. The minimum absolute atomic E-state index is 0.286. The molecule has 5 rings (SSSR count). The number of carbonyl (C=O) groups is 2. The highest BCUT2D eigenvalue weighted by Gasteiger charge is 2.51. The molecule has 28 heavy (non-hydrogen) atoms. The number of alkyl halides is 3. The van der Waals surface area contributed by atoms with E-state index in [9.17, 15) is 27.6 Å². The molecule has 0 aliphatic heterocycles. The van der Waals surface area contributed by atoms with E-state index >= 15 is 0 Å². The van der Waals surface area contributed by atoms with E-state index in [0.29, 0.717) is 28.4 Å². The van der Waals surface area contributed by atoms with E-state index in [1.807, 2.05) is 0 Å². The lowest BCUT2D eigenvalue weighted by Crippen LogP contribution is -2.62. The molecular formula is C19H22F3N3O3. The van der Waals surface area contributed by atoms with Crippen LogP contribution >= 0.6 is 0 Å². The molecule has 4 aliphatic carbocycles. The second-order valence-corrected chi connectivity index (χ2v) is 8.55. The number of aromatic nitrogens is 1. The van der Waals surface area contributed by atoms with Gasteiger partial charge in [-0.15, -0.1) is 0 Å². The van der Waals surface area contributed by atoms with Gasteiger partial charge in [-0.1, -0.05) is 0 Å². The number of halogens is 3. The summed E-state index contributed by atoms with van der Waals surface area (Å²) >= 11 is 0. The van der Waals surface area contributed by atoms with Gasteiger partial charge < -0.3 is 9.88 Å². The van der Waals surface area contributed by atoms with Crippen molar-refractivity contribution in [3.8, 4) is 0 Å². The van der Waals surface area contributed by atoms with Gasteiger partial charge in [-0.3, -0.25) is 14.9 Å². The molecule has 4 fully saturated rings. The van der Waals surface area contributed by atoms with E-state index in [-0.39, 0.29) is 5.54 Å². The van der Waals surface area contributed by atoms with Crippen LogP contribution < -0.4 is 16.2 Å². The Balaban J connectivity index is 1.38. The summed E-state index contributed by atoms with van der Waals surface area (Å²) in [6.45, 7) is -0.656. The number of pyridine rings is 1. The minimum Gasteiger partial charge on any atom is -0.332 e. The standard InChI is InChI=1S/C19H22F3N3O3/c20-19(21,22)14-2-1-3-25(16(14)27)10-15(26)23-17(28)24-18-7-11-4-12(8-18)6-13(5-11)9-18/h1-3,11-13H,4-10H2,(H2,23,24,26,28). The summed E-state index contributed by atoms with van der Waals surface area (Å²) in [4.78, 5) is 36.3. The molecule has 152 valence electrons. The molecule has 4 aliphatic rings. The molecule has 0 atom stereocenters. The highest BCUT2D eigenvalue weighted by molar-refractivity contribution is 5.94. The highest BCUT2D eigenvalue weighted by Crippen LogP contribution is 2.55. The predicted molar refractivity (Wildman–Crippen MR) is 93.3 cm³/mol. The summed E-state index contributed by atoms with van der Waals surface area (Å²) in [5.41, 5.74) is -2.95. The third-order valence-corrected chi connectivity index (χ3v) is 6.31. The largest absolute Gasteiger partial charge is 0.421 e. The molecular weight excluding hydrogens is 375 g/mol. The van der Waals surface area contributed by atoms with E-state index in [0.717, 1.165) is 31.5 Å². The van der Waals surface area contributed by atoms with Crippen molar-refractivity contribution in [2.45, 2.75) is 56.8 Å². The van der Waals surface area contributed by atoms with Crippen molar-refractivity contribution in [2.75, 3.05) is 0 Å². The zero-order valence-corrected chi connectivity index (χ0v) is 15.2. The molecule has 4 saturated carbocycles. The molecule has 4 bridgehead atoms. The fraction of sp³-hybridized carbons (Fsp3) is 0.632. The molecule has 2 N–H and O–H groups in total. The molecule has 0 unspecified atom stereocenters. The van der Waals surface area contributed by atoms with E-state index in [4.69, 9.17) is 0 Å². The SMILES string of the molecule is O=C(Cn1cccc(C(F)(F)F)c1=O)NC(=O)NC12CC3CC(CC(C3)C1)C2. The zero-order chi connectivity index (χ0) is 20.1. The molecule has 0 aromatic carbocycles. The zero-order valence-electron chi connectivity index (χ0n) is 15.2. The molecule has 1 aromatic heterocycles. The Morgan fingerprint density at radius 2 is 1.68 bits per heavy atom. The van der Waals surface area contributed by atoms with Crippen molar-refractivity contribution >= 4 is 11.9 Å². The average molecular weight is 397 g/mol. The van der Waals surface area contributed by atoms with Crippen LogP contribution in [0.5, 0.6) is 0 Å². The lowest BCUT2D eigenvalue weighted by molar-refractivity contribution is -0.139. The quantitative estimate of drug-likeness (QED) is 0.823. The molecule has 3 amide bonds. The lowest BCUT2D eigenvalue weighted by atomic mass is 9.53. The van der Waals surface area contributed by atoms with E-state index < -0.39 is 35.8 Å². The number of imide groups is 1. The van der Waals surface area contributed by atoms with Gasteiger partial charge in [-0.25, -0.2) is 4.79 Å². The van der Waals surface area contributed by atoms with Gasteiger partial charge in [0.05, 0.1) is 0 Å². The van der Waals surface area contributed by atoms with Crippen LogP contribution in [0.4, 0.5) is 18.0 Å². The molecule has 6 nitrogen and oxygen atoms in total. The topological polar surface area (TPSA) is 80.2 Å². The van der Waals surface area contributed by atoms with Gasteiger partial charge in [-0.05, 0) is 68.4 Å². The van der Waals surface area contributed by atoms with Crippen LogP contribution in [-0.2, 0) is 17.5 Å². The second-order valence-electron chi connectivity index (χ2n) is 8.55. The predicted octanol–water partition coefficient (Wildman–Crippen LogP) is 2.66. The van der Waals surface area contributed by atoms with E-state index in [1.54, 1.807) is 0 Å². The van der Waals surface area contributed by atoms with Crippen LogP contribution in [0, 0.1) is 17.8 Å². The summed E-state index contributed by atoms with van der Waals surface area (Å²) < 4.78 is 39.1. The summed E-state index contributed by atoms with van der Waals surface area (Å²) in [5, 5.41) is 5.11. The molecule has 0 saturated heterocycles. The Labute approximate surface area is 159 Å². The first-order valence-electron chi connectivity index (χ1n) is 9.52. The first-order chi connectivity index (χ1) is 13.1. The number of urea groups is 1. The third-order valence-electron chi connectivity index (χ3n) is 6.31. The van der Waals surface area contributed by atoms with Crippen molar-refractivity contribution in [1.82, 2.24) is 15.2 Å². The molecule has 1 heterocycles. The fourth-order valence-corrected chi connectivity index (χ4v) is 5.73. The van der Waals surface area contributed by atoms with Crippen LogP contribution in [0.3, 0.4) is 0 Å². The summed E-state index contributed by atoms with van der Waals surface area (Å²) in [6.07, 6.45) is 2.65. The first kappa shape index (κ1) is 19.0. The number of amides is 3. The lowest BCUT2D eigenvalue weighted by Gasteiger charge is -2.56. The van der Waals surface area contributed by atoms with Crippen LogP contribution in [0.1, 0.15) is 44.1 Å². The Hall–Kier alpha value is -2.32. The van der Waals surface area contributed by atoms with Crippen molar-refractivity contribution in [2.24, 2.45) is 17.8 Å². The number of hydrogen-bond acceptors (Lipinski definition) is 3. The van der Waals surface area contributed by atoms with E-state index in [2.05, 4.69) is 10.6 Å². The maximum atomic E-state index is 12.8.